The number of aromatic nitrogens is 1. The molecule has 2 aromatic heterocycles. The van der Waals surface area contributed by atoms with Crippen LogP contribution in [0.5, 0.6) is 0 Å². The lowest BCUT2D eigenvalue weighted by molar-refractivity contribution is 0.404. The van der Waals surface area contributed by atoms with E-state index in [1.54, 1.807) is 19.3 Å². The molecule has 0 unspecified atom stereocenters. The van der Waals surface area contributed by atoms with Gasteiger partial charge in [0.05, 0.1) is 11.6 Å². The maximum Gasteiger partial charge on any atom is 0.273 e. The van der Waals surface area contributed by atoms with Crippen LogP contribution in [0.15, 0.2) is 33.2 Å². The van der Waals surface area contributed by atoms with Crippen molar-refractivity contribution < 1.29 is 12.8 Å². The van der Waals surface area contributed by atoms with Crippen molar-refractivity contribution in [1.29, 1.82) is 0 Å². The van der Waals surface area contributed by atoms with Gasteiger partial charge in [0.25, 0.3) is 10.0 Å². The van der Waals surface area contributed by atoms with Crippen molar-refractivity contribution in [2.24, 2.45) is 0 Å². The number of rotatable bonds is 7. The quantitative estimate of drug-likeness (QED) is 0.796. The Kier molecular flexibility index (Phi) is 4.70. The molecule has 0 aromatic carbocycles. The summed E-state index contributed by atoms with van der Waals surface area (Å²) in [6.07, 6.45) is 2.27. The predicted octanol–water partition coefficient (Wildman–Crippen LogP) is 0.976. The second-order valence-electron chi connectivity index (χ2n) is 3.82. The van der Waals surface area contributed by atoms with Crippen molar-refractivity contribution in [3.63, 3.8) is 0 Å². The molecule has 0 amide bonds. The van der Waals surface area contributed by atoms with Crippen LogP contribution in [0.3, 0.4) is 0 Å². The molecule has 19 heavy (non-hydrogen) atoms. The summed E-state index contributed by atoms with van der Waals surface area (Å²) in [4.78, 5) is 4.09. The molecule has 6 nitrogen and oxygen atoms in total. The van der Waals surface area contributed by atoms with E-state index in [1.807, 2.05) is 5.38 Å². The summed E-state index contributed by atoms with van der Waals surface area (Å²) in [6, 6.07) is 3.10. The van der Waals surface area contributed by atoms with E-state index >= 15 is 0 Å². The first kappa shape index (κ1) is 14.2. The van der Waals surface area contributed by atoms with E-state index < -0.39 is 10.0 Å². The molecule has 0 spiro atoms. The Hall–Kier alpha value is -1.22. The smallest absolute Gasteiger partial charge is 0.273 e. The second kappa shape index (κ2) is 6.29. The van der Waals surface area contributed by atoms with Gasteiger partial charge in [-0.25, -0.2) is 18.1 Å². The molecule has 2 rings (SSSR count). The molecule has 0 saturated heterocycles. The zero-order valence-electron chi connectivity index (χ0n) is 10.4. The topological polar surface area (TPSA) is 84.2 Å². The Labute approximate surface area is 115 Å². The molecule has 0 aliphatic rings. The Morgan fingerprint density at radius 2 is 2.26 bits per heavy atom. The number of sulfonamides is 1. The average Bonchev–Trinajstić information content (AvgIpc) is 3.00. The minimum absolute atomic E-state index is 0.0584. The maximum atomic E-state index is 11.9. The van der Waals surface area contributed by atoms with Gasteiger partial charge in [-0.15, -0.1) is 11.3 Å². The van der Waals surface area contributed by atoms with Crippen molar-refractivity contribution in [2.75, 3.05) is 13.6 Å². The molecule has 2 aromatic rings. The van der Waals surface area contributed by atoms with Crippen LogP contribution in [0.1, 0.15) is 10.8 Å². The molecule has 0 saturated carbocycles. The van der Waals surface area contributed by atoms with Crippen molar-refractivity contribution in [2.45, 2.75) is 18.1 Å². The summed E-state index contributed by atoms with van der Waals surface area (Å²) in [5.41, 5.74) is 0. The molecule has 0 radical (unpaired) electrons. The SMILES string of the molecule is CNCc1ccc(S(=O)(=O)NCCc2nccs2)o1. The highest BCUT2D eigenvalue weighted by atomic mass is 32.2. The molecule has 0 fully saturated rings. The van der Waals surface area contributed by atoms with Gasteiger partial charge in [0.15, 0.2) is 0 Å². The first-order valence-electron chi connectivity index (χ1n) is 5.73. The van der Waals surface area contributed by atoms with Gasteiger partial charge >= 0.3 is 0 Å². The molecule has 104 valence electrons. The van der Waals surface area contributed by atoms with Crippen LogP contribution in [-0.2, 0) is 23.0 Å². The minimum Gasteiger partial charge on any atom is -0.447 e. The van der Waals surface area contributed by atoms with Crippen LogP contribution in [-0.4, -0.2) is 27.0 Å². The largest absolute Gasteiger partial charge is 0.447 e. The Morgan fingerprint density at radius 3 is 2.95 bits per heavy atom. The van der Waals surface area contributed by atoms with E-state index in [0.29, 0.717) is 25.3 Å². The summed E-state index contributed by atoms with van der Waals surface area (Å²) >= 11 is 1.50. The summed E-state index contributed by atoms with van der Waals surface area (Å²) in [5, 5.41) is 5.60. The number of thiazole rings is 1. The van der Waals surface area contributed by atoms with E-state index in [-0.39, 0.29) is 5.09 Å². The molecule has 0 atom stereocenters. The summed E-state index contributed by atoms with van der Waals surface area (Å²) < 4.78 is 31.6. The van der Waals surface area contributed by atoms with Crippen molar-refractivity contribution in [1.82, 2.24) is 15.0 Å². The Bertz CT molecular complexity index is 605. The van der Waals surface area contributed by atoms with Gasteiger partial charge in [0.1, 0.15) is 5.76 Å². The van der Waals surface area contributed by atoms with E-state index in [1.165, 1.54) is 17.4 Å². The monoisotopic (exact) mass is 301 g/mol. The molecule has 0 aliphatic carbocycles. The third-order valence-electron chi connectivity index (χ3n) is 2.37. The molecular formula is C11H15N3O3S2. The first-order chi connectivity index (χ1) is 9.12. The number of nitrogens with zero attached hydrogens (tertiary/aromatic N) is 1. The lowest BCUT2D eigenvalue weighted by Gasteiger charge is -2.02. The van der Waals surface area contributed by atoms with Crippen molar-refractivity contribution in [3.8, 4) is 0 Å². The van der Waals surface area contributed by atoms with Crippen LogP contribution in [0, 0.1) is 0 Å². The minimum atomic E-state index is -3.58. The van der Waals surface area contributed by atoms with E-state index in [9.17, 15) is 8.42 Å². The van der Waals surface area contributed by atoms with Crippen molar-refractivity contribution >= 4 is 21.4 Å². The van der Waals surface area contributed by atoms with Crippen LogP contribution < -0.4 is 10.0 Å². The van der Waals surface area contributed by atoms with E-state index in [2.05, 4.69) is 15.0 Å². The normalized spacial score (nSPS) is 11.8. The van der Waals surface area contributed by atoms with Gasteiger partial charge in [0.2, 0.25) is 5.09 Å². The highest BCUT2D eigenvalue weighted by Crippen LogP contribution is 2.13. The molecule has 0 bridgehead atoms. The van der Waals surface area contributed by atoms with Gasteiger partial charge in [0, 0.05) is 24.5 Å². The summed E-state index contributed by atoms with van der Waals surface area (Å²) in [6.45, 7) is 0.798. The fourth-order valence-electron chi connectivity index (χ4n) is 1.51. The molecule has 0 aliphatic heterocycles. The van der Waals surface area contributed by atoms with Gasteiger partial charge in [-0.3, -0.25) is 0 Å². The average molecular weight is 301 g/mol. The Morgan fingerprint density at radius 1 is 1.42 bits per heavy atom. The number of nitrogens with one attached hydrogen (secondary N) is 2. The number of hydrogen-bond donors (Lipinski definition) is 2. The number of hydrogen-bond acceptors (Lipinski definition) is 6. The summed E-state index contributed by atoms with van der Waals surface area (Å²) in [5.74, 6) is 0.586. The zero-order chi connectivity index (χ0) is 13.7. The second-order valence-corrected chi connectivity index (χ2v) is 6.50. The number of furan rings is 1. The van der Waals surface area contributed by atoms with E-state index in [0.717, 1.165) is 5.01 Å². The fraction of sp³-hybridized carbons (Fsp3) is 0.364. The lowest BCUT2D eigenvalue weighted by Crippen LogP contribution is -2.25. The molecular weight excluding hydrogens is 286 g/mol. The fourth-order valence-corrected chi connectivity index (χ4v) is 3.11. The summed E-state index contributed by atoms with van der Waals surface area (Å²) in [7, 11) is -1.81. The van der Waals surface area contributed by atoms with E-state index in [4.69, 9.17) is 4.42 Å². The van der Waals surface area contributed by atoms with Gasteiger partial charge in [-0.05, 0) is 19.2 Å². The van der Waals surface area contributed by atoms with Crippen LogP contribution in [0.4, 0.5) is 0 Å². The molecule has 2 N–H and O–H groups in total. The molecule has 8 heteroatoms. The van der Waals surface area contributed by atoms with Gasteiger partial charge in [-0.2, -0.15) is 0 Å². The van der Waals surface area contributed by atoms with Gasteiger partial charge in [-0.1, -0.05) is 0 Å². The zero-order valence-corrected chi connectivity index (χ0v) is 12.1. The van der Waals surface area contributed by atoms with Crippen LogP contribution in [0.2, 0.25) is 0 Å². The Balaban J connectivity index is 1.93. The first-order valence-corrected chi connectivity index (χ1v) is 8.09. The van der Waals surface area contributed by atoms with Gasteiger partial charge < -0.3 is 9.73 Å². The maximum absolute atomic E-state index is 11.9. The molecule has 2 heterocycles. The highest BCUT2D eigenvalue weighted by Gasteiger charge is 2.18. The predicted molar refractivity (Wildman–Crippen MR) is 72.5 cm³/mol. The third kappa shape index (κ3) is 3.87. The van der Waals surface area contributed by atoms with Crippen LogP contribution >= 0.6 is 11.3 Å². The van der Waals surface area contributed by atoms with Crippen LogP contribution in [0.25, 0.3) is 0 Å². The lowest BCUT2D eigenvalue weighted by atomic mass is 10.4. The standard InChI is InChI=1S/C11H15N3O3S2/c1-12-8-9-2-3-11(17-9)19(15,16)14-5-4-10-13-6-7-18-10/h2-3,6-7,12,14H,4-5,8H2,1H3. The third-order valence-corrected chi connectivity index (χ3v) is 4.54. The van der Waals surface area contributed by atoms with Crippen molar-refractivity contribution in [3.05, 3.63) is 34.5 Å². The highest BCUT2D eigenvalue weighted by molar-refractivity contribution is 7.89.